The van der Waals surface area contributed by atoms with E-state index in [0.717, 1.165) is 11.1 Å². The van der Waals surface area contributed by atoms with E-state index in [0.29, 0.717) is 19.4 Å². The number of nitrogens with one attached hydrogen (secondary N) is 2. The van der Waals surface area contributed by atoms with Crippen LogP contribution in [0, 0.1) is 0 Å². The number of likely N-dealkylation sites (tertiary alicyclic amines) is 1. The smallest absolute Gasteiger partial charge is 0.326 e. The molecule has 1 saturated heterocycles. The molecule has 0 bridgehead atoms. The molecule has 2 aromatic carbocycles. The summed E-state index contributed by atoms with van der Waals surface area (Å²) in [5.74, 6) is -2.56. The van der Waals surface area contributed by atoms with Gasteiger partial charge in [-0.05, 0) is 42.5 Å². The average Bonchev–Trinajstić information content (AvgIpc) is 3.34. The lowest BCUT2D eigenvalue weighted by Gasteiger charge is -2.23. The van der Waals surface area contributed by atoms with E-state index in [1.54, 1.807) is 12.1 Å². The summed E-state index contributed by atoms with van der Waals surface area (Å²) in [6.45, 7) is -0.0503. The Bertz CT molecular complexity index is 1040. The highest BCUT2D eigenvalue weighted by molar-refractivity contribution is 5.93. The van der Waals surface area contributed by atoms with Crippen LogP contribution in [0.4, 0.5) is 0 Å². The number of nitrogens with two attached hydrogens (primary N) is 1. The SMILES string of the molecule is NC(Cc1ccc(O)cc1)C(=O)NC(Cc1ccccc1)C(=O)NCC(=O)N1CCCC1C(=O)O. The molecule has 1 fully saturated rings. The molecule has 1 aliphatic heterocycles. The fourth-order valence-corrected chi connectivity index (χ4v) is 4.03. The standard InChI is InChI=1S/C25H30N4O6/c26-19(13-17-8-10-18(30)11-9-17)23(32)28-20(14-16-5-2-1-3-6-16)24(33)27-15-22(31)29-12-4-7-21(29)25(34)35/h1-3,5-6,8-11,19-21,30H,4,7,12-15,26H2,(H,27,33)(H,28,32)(H,34,35). The maximum atomic E-state index is 13.0. The first-order valence-electron chi connectivity index (χ1n) is 11.4. The topological polar surface area (TPSA) is 162 Å². The van der Waals surface area contributed by atoms with Gasteiger partial charge < -0.3 is 31.5 Å². The zero-order valence-corrected chi connectivity index (χ0v) is 19.2. The highest BCUT2D eigenvalue weighted by Gasteiger charge is 2.34. The van der Waals surface area contributed by atoms with Gasteiger partial charge in [-0.1, -0.05) is 42.5 Å². The second-order valence-corrected chi connectivity index (χ2v) is 8.53. The van der Waals surface area contributed by atoms with Crippen LogP contribution in [0.1, 0.15) is 24.0 Å². The van der Waals surface area contributed by atoms with Crippen LogP contribution in [-0.2, 0) is 32.0 Å². The number of carbonyl (C=O) groups is 4. The molecule has 3 atom stereocenters. The minimum Gasteiger partial charge on any atom is -0.508 e. The molecule has 2 aromatic rings. The fraction of sp³-hybridized carbons (Fsp3) is 0.360. The van der Waals surface area contributed by atoms with E-state index in [9.17, 15) is 29.4 Å². The lowest BCUT2D eigenvalue weighted by atomic mass is 10.0. The summed E-state index contributed by atoms with van der Waals surface area (Å²) in [4.78, 5) is 50.9. The Morgan fingerprint density at radius 2 is 1.63 bits per heavy atom. The quantitative estimate of drug-likeness (QED) is 0.323. The number of carboxylic acid groups (broad SMARTS) is 1. The van der Waals surface area contributed by atoms with Gasteiger partial charge in [-0.2, -0.15) is 0 Å². The molecule has 0 saturated carbocycles. The molecule has 1 heterocycles. The molecule has 186 valence electrons. The maximum absolute atomic E-state index is 13.0. The van der Waals surface area contributed by atoms with Crippen LogP contribution in [0.2, 0.25) is 0 Å². The third kappa shape index (κ3) is 7.28. The van der Waals surface area contributed by atoms with Gasteiger partial charge in [0.05, 0.1) is 12.6 Å². The van der Waals surface area contributed by atoms with Crippen molar-refractivity contribution in [2.45, 2.75) is 43.8 Å². The first-order chi connectivity index (χ1) is 16.7. The Balaban J connectivity index is 1.63. The Hall–Kier alpha value is -3.92. The van der Waals surface area contributed by atoms with Crippen molar-refractivity contribution < 1.29 is 29.4 Å². The van der Waals surface area contributed by atoms with E-state index < -0.39 is 41.8 Å². The van der Waals surface area contributed by atoms with Crippen LogP contribution >= 0.6 is 0 Å². The van der Waals surface area contributed by atoms with E-state index in [2.05, 4.69) is 10.6 Å². The molecule has 3 unspecified atom stereocenters. The number of carboxylic acids is 1. The summed E-state index contributed by atoms with van der Waals surface area (Å²) in [5, 5.41) is 23.9. The van der Waals surface area contributed by atoms with E-state index in [4.69, 9.17) is 5.73 Å². The summed E-state index contributed by atoms with van der Waals surface area (Å²) in [6, 6.07) is 12.6. The number of benzene rings is 2. The van der Waals surface area contributed by atoms with E-state index in [1.165, 1.54) is 17.0 Å². The number of hydrogen-bond donors (Lipinski definition) is 5. The van der Waals surface area contributed by atoms with Gasteiger partial charge in [-0.3, -0.25) is 14.4 Å². The van der Waals surface area contributed by atoms with Crippen molar-refractivity contribution in [3.63, 3.8) is 0 Å². The molecular weight excluding hydrogens is 452 g/mol. The first-order valence-corrected chi connectivity index (χ1v) is 11.4. The summed E-state index contributed by atoms with van der Waals surface area (Å²) < 4.78 is 0. The van der Waals surface area contributed by atoms with Crippen LogP contribution < -0.4 is 16.4 Å². The predicted octanol–water partition coefficient (Wildman–Crippen LogP) is 0.181. The first kappa shape index (κ1) is 25.7. The van der Waals surface area contributed by atoms with Crippen LogP contribution in [0.3, 0.4) is 0 Å². The number of phenolic OH excluding ortho intramolecular Hbond substituents is 1. The fourth-order valence-electron chi connectivity index (χ4n) is 4.03. The highest BCUT2D eigenvalue weighted by atomic mass is 16.4. The summed E-state index contributed by atoms with van der Waals surface area (Å²) in [6.07, 6.45) is 1.35. The van der Waals surface area contributed by atoms with Crippen molar-refractivity contribution in [3.05, 3.63) is 65.7 Å². The second-order valence-electron chi connectivity index (χ2n) is 8.53. The number of nitrogens with zero attached hydrogens (tertiary/aromatic N) is 1. The predicted molar refractivity (Wildman–Crippen MR) is 127 cm³/mol. The highest BCUT2D eigenvalue weighted by Crippen LogP contribution is 2.17. The van der Waals surface area contributed by atoms with E-state index in [1.807, 2.05) is 30.3 Å². The third-order valence-corrected chi connectivity index (χ3v) is 5.92. The molecule has 6 N–H and O–H groups in total. The second kappa shape index (κ2) is 12.0. The van der Waals surface area contributed by atoms with Crippen LogP contribution in [0.15, 0.2) is 54.6 Å². The normalized spacial score (nSPS) is 16.8. The Morgan fingerprint density at radius 1 is 0.971 bits per heavy atom. The number of aliphatic carboxylic acids is 1. The van der Waals surface area contributed by atoms with Gasteiger partial charge in [-0.25, -0.2) is 4.79 Å². The van der Waals surface area contributed by atoms with Gasteiger partial charge in [0.15, 0.2) is 0 Å². The van der Waals surface area contributed by atoms with Crippen LogP contribution in [0.5, 0.6) is 5.75 Å². The number of carbonyl (C=O) groups excluding carboxylic acids is 3. The largest absolute Gasteiger partial charge is 0.508 e. The van der Waals surface area contributed by atoms with Gasteiger partial charge in [0.2, 0.25) is 17.7 Å². The van der Waals surface area contributed by atoms with Gasteiger partial charge in [-0.15, -0.1) is 0 Å². The molecule has 35 heavy (non-hydrogen) atoms. The number of amides is 3. The van der Waals surface area contributed by atoms with Crippen molar-refractivity contribution in [2.24, 2.45) is 5.73 Å². The van der Waals surface area contributed by atoms with Gasteiger partial charge >= 0.3 is 5.97 Å². The maximum Gasteiger partial charge on any atom is 0.326 e. The molecule has 10 nitrogen and oxygen atoms in total. The molecule has 3 amide bonds. The van der Waals surface area contributed by atoms with Crippen molar-refractivity contribution in [3.8, 4) is 5.75 Å². The molecule has 10 heteroatoms. The van der Waals surface area contributed by atoms with Crippen LogP contribution in [-0.4, -0.2) is 70.0 Å². The summed E-state index contributed by atoms with van der Waals surface area (Å²) in [5.41, 5.74) is 7.61. The zero-order valence-electron chi connectivity index (χ0n) is 19.2. The Morgan fingerprint density at radius 3 is 2.29 bits per heavy atom. The van der Waals surface area contributed by atoms with Crippen molar-refractivity contribution in [1.29, 1.82) is 0 Å². The van der Waals surface area contributed by atoms with Gasteiger partial charge in [0.1, 0.15) is 17.8 Å². The van der Waals surface area contributed by atoms with E-state index >= 15 is 0 Å². The molecule has 0 aromatic heterocycles. The summed E-state index contributed by atoms with van der Waals surface area (Å²) in [7, 11) is 0. The number of hydrogen-bond acceptors (Lipinski definition) is 6. The number of aromatic hydroxyl groups is 1. The van der Waals surface area contributed by atoms with Crippen LogP contribution in [0.25, 0.3) is 0 Å². The summed E-state index contributed by atoms with van der Waals surface area (Å²) >= 11 is 0. The molecule has 1 aliphatic rings. The molecule has 0 spiro atoms. The molecular formula is C25H30N4O6. The minimum absolute atomic E-state index is 0.101. The van der Waals surface area contributed by atoms with E-state index in [-0.39, 0.29) is 25.1 Å². The Kier molecular flexibility index (Phi) is 8.80. The zero-order chi connectivity index (χ0) is 25.4. The Labute approximate surface area is 203 Å². The molecule has 0 aliphatic carbocycles. The van der Waals surface area contributed by atoms with Gasteiger partial charge in [0.25, 0.3) is 0 Å². The minimum atomic E-state index is -1.07. The number of rotatable bonds is 10. The van der Waals surface area contributed by atoms with Crippen molar-refractivity contribution >= 4 is 23.7 Å². The lowest BCUT2D eigenvalue weighted by molar-refractivity contribution is -0.148. The molecule has 3 rings (SSSR count). The number of phenols is 1. The third-order valence-electron chi connectivity index (χ3n) is 5.92. The lowest BCUT2D eigenvalue weighted by Crippen LogP contribution is -2.54. The average molecular weight is 483 g/mol. The monoisotopic (exact) mass is 482 g/mol. The van der Waals surface area contributed by atoms with Gasteiger partial charge in [0, 0.05) is 13.0 Å². The molecule has 0 radical (unpaired) electrons. The van der Waals surface area contributed by atoms with Crippen molar-refractivity contribution in [1.82, 2.24) is 15.5 Å². The van der Waals surface area contributed by atoms with Crippen molar-refractivity contribution in [2.75, 3.05) is 13.1 Å².